The van der Waals surface area contributed by atoms with Crippen molar-refractivity contribution in [1.29, 1.82) is 5.26 Å². The number of hydrogen-bond acceptors (Lipinski definition) is 2. The Bertz CT molecular complexity index is 467. The van der Waals surface area contributed by atoms with E-state index in [1.165, 1.54) is 0 Å². The van der Waals surface area contributed by atoms with E-state index in [2.05, 4.69) is 32.0 Å². The Morgan fingerprint density at radius 1 is 1.50 bits per heavy atom. The van der Waals surface area contributed by atoms with Crippen LogP contribution in [0.15, 0.2) is 22.9 Å². The Labute approximate surface area is 77.2 Å². The number of halogens is 1. The lowest BCUT2D eigenvalue weighted by Crippen LogP contribution is -1.77. The number of hydrogen-bond donors (Lipinski definition) is 1. The summed E-state index contributed by atoms with van der Waals surface area (Å²) in [6, 6.07) is 5.67. The molecular weight excluding hydrogens is 218 g/mol. The number of nitrogens with one attached hydrogen (secondary N) is 1. The largest absolute Gasteiger partial charge is 0.345 e. The van der Waals surface area contributed by atoms with Gasteiger partial charge in [0.15, 0.2) is 0 Å². The first kappa shape index (κ1) is 7.32. The highest BCUT2D eigenvalue weighted by molar-refractivity contribution is 9.10. The van der Waals surface area contributed by atoms with Crippen LogP contribution >= 0.6 is 15.9 Å². The molecule has 0 radical (unpaired) electrons. The zero-order chi connectivity index (χ0) is 8.55. The van der Waals surface area contributed by atoms with Crippen LogP contribution in [0.1, 0.15) is 5.56 Å². The SMILES string of the molecule is N#Cc1cc2nc[nH]c2cc1Br. The van der Waals surface area contributed by atoms with Gasteiger partial charge in [-0.3, -0.25) is 0 Å². The third kappa shape index (κ3) is 0.990. The molecule has 0 spiro atoms. The van der Waals surface area contributed by atoms with Gasteiger partial charge >= 0.3 is 0 Å². The number of fused-ring (bicyclic) bond motifs is 1. The van der Waals surface area contributed by atoms with E-state index in [0.717, 1.165) is 15.5 Å². The number of nitriles is 1. The fraction of sp³-hybridized carbons (Fsp3) is 0. The quantitative estimate of drug-likeness (QED) is 0.742. The van der Waals surface area contributed by atoms with Crippen LogP contribution in [0.5, 0.6) is 0 Å². The zero-order valence-corrected chi connectivity index (χ0v) is 7.59. The Morgan fingerprint density at radius 2 is 2.33 bits per heavy atom. The van der Waals surface area contributed by atoms with Gasteiger partial charge in [0.05, 0.1) is 22.9 Å². The summed E-state index contributed by atoms with van der Waals surface area (Å²) in [6.45, 7) is 0. The fourth-order valence-electron chi connectivity index (χ4n) is 1.04. The molecule has 0 fully saturated rings. The topological polar surface area (TPSA) is 52.5 Å². The van der Waals surface area contributed by atoms with Gasteiger partial charge in [0.25, 0.3) is 0 Å². The summed E-state index contributed by atoms with van der Waals surface area (Å²) in [5.41, 5.74) is 2.35. The second-order valence-corrected chi connectivity index (χ2v) is 3.22. The van der Waals surface area contributed by atoms with Crippen LogP contribution < -0.4 is 0 Å². The van der Waals surface area contributed by atoms with Crippen LogP contribution in [-0.2, 0) is 0 Å². The van der Waals surface area contributed by atoms with Gasteiger partial charge in [-0.2, -0.15) is 5.26 Å². The van der Waals surface area contributed by atoms with E-state index in [1.54, 1.807) is 12.4 Å². The molecule has 3 nitrogen and oxygen atoms in total. The summed E-state index contributed by atoms with van der Waals surface area (Å²) >= 11 is 3.29. The van der Waals surface area contributed by atoms with Crippen LogP contribution in [-0.4, -0.2) is 9.97 Å². The summed E-state index contributed by atoms with van der Waals surface area (Å²) in [5, 5.41) is 8.70. The van der Waals surface area contributed by atoms with Gasteiger partial charge < -0.3 is 4.98 Å². The minimum atomic E-state index is 0.606. The number of H-pyrrole nitrogens is 1. The third-order valence-corrected chi connectivity index (χ3v) is 2.29. The molecular formula is C8H4BrN3. The Kier molecular flexibility index (Phi) is 1.59. The zero-order valence-electron chi connectivity index (χ0n) is 6.00. The molecule has 1 N–H and O–H groups in total. The summed E-state index contributed by atoms with van der Waals surface area (Å²) in [4.78, 5) is 7.00. The van der Waals surface area contributed by atoms with Crippen LogP contribution in [0, 0.1) is 11.3 Å². The second kappa shape index (κ2) is 2.61. The highest BCUT2D eigenvalue weighted by atomic mass is 79.9. The minimum Gasteiger partial charge on any atom is -0.345 e. The van der Waals surface area contributed by atoms with Crippen molar-refractivity contribution in [2.75, 3.05) is 0 Å². The standard InChI is InChI=1S/C8H4BrN3/c9-6-2-8-7(11-4-12-8)1-5(6)3-10/h1-2,4H,(H,11,12). The smallest absolute Gasteiger partial charge is 0.100 e. The van der Waals surface area contributed by atoms with Crippen molar-refractivity contribution in [2.24, 2.45) is 0 Å². The second-order valence-electron chi connectivity index (χ2n) is 2.36. The van der Waals surface area contributed by atoms with E-state index in [1.807, 2.05) is 6.07 Å². The van der Waals surface area contributed by atoms with E-state index in [4.69, 9.17) is 5.26 Å². The molecule has 0 amide bonds. The average molecular weight is 222 g/mol. The highest BCUT2D eigenvalue weighted by Crippen LogP contribution is 2.21. The molecule has 0 bridgehead atoms. The Balaban J connectivity index is 2.84. The summed E-state index contributed by atoms with van der Waals surface area (Å²) in [5.74, 6) is 0. The predicted molar refractivity (Wildman–Crippen MR) is 48.5 cm³/mol. The maximum atomic E-state index is 8.70. The first-order chi connectivity index (χ1) is 5.81. The van der Waals surface area contributed by atoms with E-state index in [0.29, 0.717) is 5.56 Å². The predicted octanol–water partition coefficient (Wildman–Crippen LogP) is 2.20. The van der Waals surface area contributed by atoms with Gasteiger partial charge in [0, 0.05) is 4.47 Å². The van der Waals surface area contributed by atoms with E-state index < -0.39 is 0 Å². The molecule has 0 saturated heterocycles. The number of aromatic nitrogens is 2. The van der Waals surface area contributed by atoms with Crippen molar-refractivity contribution < 1.29 is 0 Å². The van der Waals surface area contributed by atoms with Gasteiger partial charge in [-0.25, -0.2) is 4.98 Å². The van der Waals surface area contributed by atoms with Crippen LogP contribution in [0.4, 0.5) is 0 Å². The van der Waals surface area contributed by atoms with Crippen molar-refractivity contribution in [3.8, 4) is 6.07 Å². The third-order valence-electron chi connectivity index (χ3n) is 1.63. The van der Waals surface area contributed by atoms with Crippen molar-refractivity contribution >= 4 is 27.0 Å². The molecule has 0 atom stereocenters. The summed E-state index contributed by atoms with van der Waals surface area (Å²) < 4.78 is 0.793. The summed E-state index contributed by atoms with van der Waals surface area (Å²) in [6.07, 6.45) is 1.61. The lowest BCUT2D eigenvalue weighted by molar-refractivity contribution is 1.34. The Morgan fingerprint density at radius 3 is 3.08 bits per heavy atom. The highest BCUT2D eigenvalue weighted by Gasteiger charge is 2.02. The molecule has 1 aromatic carbocycles. The molecule has 0 aliphatic heterocycles. The average Bonchev–Trinajstić information content (AvgIpc) is 2.49. The number of imidazole rings is 1. The molecule has 12 heavy (non-hydrogen) atoms. The van der Waals surface area contributed by atoms with Gasteiger partial charge in [-0.15, -0.1) is 0 Å². The van der Waals surface area contributed by atoms with Crippen LogP contribution in [0.25, 0.3) is 11.0 Å². The molecule has 1 heterocycles. The molecule has 0 unspecified atom stereocenters. The summed E-state index contributed by atoms with van der Waals surface area (Å²) in [7, 11) is 0. The first-order valence-electron chi connectivity index (χ1n) is 3.34. The van der Waals surface area contributed by atoms with Crippen molar-refractivity contribution in [1.82, 2.24) is 9.97 Å². The van der Waals surface area contributed by atoms with E-state index >= 15 is 0 Å². The minimum absolute atomic E-state index is 0.606. The molecule has 58 valence electrons. The molecule has 0 saturated carbocycles. The lowest BCUT2D eigenvalue weighted by Gasteiger charge is -1.93. The molecule has 1 aromatic heterocycles. The molecule has 0 aliphatic rings. The van der Waals surface area contributed by atoms with Gasteiger partial charge in [0.2, 0.25) is 0 Å². The first-order valence-corrected chi connectivity index (χ1v) is 4.13. The number of nitrogens with zero attached hydrogens (tertiary/aromatic N) is 2. The number of benzene rings is 1. The number of aromatic amines is 1. The van der Waals surface area contributed by atoms with Crippen molar-refractivity contribution in [2.45, 2.75) is 0 Å². The van der Waals surface area contributed by atoms with Crippen LogP contribution in [0.2, 0.25) is 0 Å². The monoisotopic (exact) mass is 221 g/mol. The van der Waals surface area contributed by atoms with Gasteiger partial charge in [-0.1, -0.05) is 0 Å². The van der Waals surface area contributed by atoms with Crippen molar-refractivity contribution in [3.05, 3.63) is 28.5 Å². The van der Waals surface area contributed by atoms with Crippen LogP contribution in [0.3, 0.4) is 0 Å². The fourth-order valence-corrected chi connectivity index (χ4v) is 1.47. The molecule has 2 aromatic rings. The number of rotatable bonds is 0. The van der Waals surface area contributed by atoms with E-state index in [-0.39, 0.29) is 0 Å². The molecule has 0 aliphatic carbocycles. The Hall–Kier alpha value is -1.34. The molecule has 4 heteroatoms. The van der Waals surface area contributed by atoms with Gasteiger partial charge in [0.1, 0.15) is 6.07 Å². The van der Waals surface area contributed by atoms with Crippen molar-refractivity contribution in [3.63, 3.8) is 0 Å². The normalized spacial score (nSPS) is 10.0. The maximum Gasteiger partial charge on any atom is 0.100 e. The van der Waals surface area contributed by atoms with E-state index in [9.17, 15) is 0 Å². The maximum absolute atomic E-state index is 8.70. The lowest BCUT2D eigenvalue weighted by atomic mass is 10.2. The molecule has 2 rings (SSSR count). The van der Waals surface area contributed by atoms with Gasteiger partial charge in [-0.05, 0) is 28.1 Å².